The minimum Gasteiger partial charge on any atom is -0.463 e. The van der Waals surface area contributed by atoms with E-state index in [2.05, 4.69) is 15.2 Å². The second-order valence-corrected chi connectivity index (χ2v) is 8.72. The Hall–Kier alpha value is -3.86. The average molecular weight is 465 g/mol. The number of rotatable bonds is 5. The summed E-state index contributed by atoms with van der Waals surface area (Å²) in [6.45, 7) is 1.78. The van der Waals surface area contributed by atoms with Gasteiger partial charge in [-0.05, 0) is 37.1 Å². The molecule has 0 bridgehead atoms. The van der Waals surface area contributed by atoms with Crippen molar-refractivity contribution in [3.8, 4) is 23.0 Å². The van der Waals surface area contributed by atoms with Crippen molar-refractivity contribution < 1.29 is 18.7 Å². The molecular weight excluding hydrogens is 446 g/mol. The van der Waals surface area contributed by atoms with Gasteiger partial charge in [0.05, 0.1) is 6.26 Å². The zero-order chi connectivity index (χ0) is 22.4. The molecule has 168 valence electrons. The first-order chi connectivity index (χ1) is 16.2. The van der Waals surface area contributed by atoms with Crippen LogP contribution in [0.4, 0.5) is 10.8 Å². The SMILES string of the molecule is O=C(Cn1c(=O)nc(-c2ccco2)c2nc(N3CCCC3)sc21)Nc1ccc2c(c1)OCO2. The minimum atomic E-state index is -0.536. The second-order valence-electron chi connectivity index (χ2n) is 7.77. The number of ether oxygens (including phenoxy) is 2. The van der Waals surface area contributed by atoms with Crippen molar-refractivity contribution in [3.05, 3.63) is 47.1 Å². The molecule has 1 amide bonds. The molecule has 1 aromatic carbocycles. The Morgan fingerprint density at radius 2 is 1.97 bits per heavy atom. The van der Waals surface area contributed by atoms with Crippen molar-refractivity contribution in [1.82, 2.24) is 14.5 Å². The number of aromatic nitrogens is 3. The molecule has 10 nitrogen and oxygen atoms in total. The molecule has 0 atom stereocenters. The lowest BCUT2D eigenvalue weighted by Gasteiger charge is -2.11. The number of benzene rings is 1. The molecule has 33 heavy (non-hydrogen) atoms. The third kappa shape index (κ3) is 3.59. The number of fused-ring (bicyclic) bond motifs is 2. The maximum absolute atomic E-state index is 13.0. The molecule has 6 rings (SSSR count). The molecule has 3 aromatic heterocycles. The normalized spacial score (nSPS) is 14.8. The monoisotopic (exact) mass is 465 g/mol. The predicted octanol–water partition coefficient (Wildman–Crippen LogP) is 3.08. The first kappa shape index (κ1) is 19.8. The number of hydrogen-bond acceptors (Lipinski definition) is 9. The smallest absolute Gasteiger partial charge is 0.349 e. The predicted molar refractivity (Wildman–Crippen MR) is 122 cm³/mol. The van der Waals surface area contributed by atoms with Crippen LogP contribution in [0.25, 0.3) is 21.8 Å². The maximum atomic E-state index is 13.0. The summed E-state index contributed by atoms with van der Waals surface area (Å²) in [5, 5.41) is 3.62. The second kappa shape index (κ2) is 7.93. The number of nitrogens with one attached hydrogen (secondary N) is 1. The quantitative estimate of drug-likeness (QED) is 0.479. The fourth-order valence-electron chi connectivity index (χ4n) is 4.02. The highest BCUT2D eigenvalue weighted by atomic mass is 32.1. The van der Waals surface area contributed by atoms with Crippen LogP contribution in [0.5, 0.6) is 11.5 Å². The van der Waals surface area contributed by atoms with E-state index in [0.717, 1.165) is 31.1 Å². The molecule has 1 fully saturated rings. The highest BCUT2D eigenvalue weighted by molar-refractivity contribution is 7.22. The van der Waals surface area contributed by atoms with Crippen molar-refractivity contribution in [3.63, 3.8) is 0 Å². The molecule has 11 heteroatoms. The van der Waals surface area contributed by atoms with E-state index in [9.17, 15) is 9.59 Å². The van der Waals surface area contributed by atoms with Crippen molar-refractivity contribution in [2.45, 2.75) is 19.4 Å². The fraction of sp³-hybridized carbons (Fsp3) is 0.273. The van der Waals surface area contributed by atoms with Crippen molar-refractivity contribution in [1.29, 1.82) is 0 Å². The number of thiazole rings is 1. The van der Waals surface area contributed by atoms with E-state index in [1.165, 1.54) is 22.2 Å². The molecule has 1 saturated heterocycles. The molecule has 0 radical (unpaired) electrons. The Bertz CT molecular complexity index is 1400. The van der Waals surface area contributed by atoms with Crippen molar-refractivity contribution in [2.75, 3.05) is 30.1 Å². The van der Waals surface area contributed by atoms with Gasteiger partial charge in [-0.25, -0.2) is 9.78 Å². The Morgan fingerprint density at radius 1 is 1.12 bits per heavy atom. The van der Waals surface area contributed by atoms with Gasteiger partial charge in [-0.3, -0.25) is 9.36 Å². The molecule has 0 aliphatic carbocycles. The van der Waals surface area contributed by atoms with Gasteiger partial charge in [-0.1, -0.05) is 11.3 Å². The summed E-state index contributed by atoms with van der Waals surface area (Å²) in [5.74, 6) is 1.30. The number of nitrogens with zero attached hydrogens (tertiary/aromatic N) is 4. The first-order valence-electron chi connectivity index (χ1n) is 10.6. The number of furan rings is 1. The van der Waals surface area contributed by atoms with E-state index >= 15 is 0 Å². The zero-order valence-corrected chi connectivity index (χ0v) is 18.3. The van der Waals surface area contributed by atoms with Gasteiger partial charge < -0.3 is 24.1 Å². The highest BCUT2D eigenvalue weighted by Crippen LogP contribution is 2.35. The lowest BCUT2D eigenvalue weighted by molar-refractivity contribution is -0.116. The van der Waals surface area contributed by atoms with Crippen LogP contribution in [-0.2, 0) is 11.3 Å². The molecule has 0 saturated carbocycles. The van der Waals surface area contributed by atoms with Crippen molar-refractivity contribution in [2.24, 2.45) is 0 Å². The van der Waals surface area contributed by atoms with E-state index in [0.29, 0.717) is 39.0 Å². The Kier molecular flexibility index (Phi) is 4.75. The molecule has 0 unspecified atom stereocenters. The van der Waals surface area contributed by atoms with Crippen molar-refractivity contribution >= 4 is 38.4 Å². The van der Waals surface area contributed by atoms with Gasteiger partial charge in [-0.15, -0.1) is 0 Å². The van der Waals surface area contributed by atoms with E-state index in [1.807, 2.05) is 0 Å². The largest absolute Gasteiger partial charge is 0.463 e. The number of carbonyl (C=O) groups is 1. The van der Waals surface area contributed by atoms with E-state index in [4.69, 9.17) is 18.9 Å². The van der Waals surface area contributed by atoms with Gasteiger partial charge in [0.1, 0.15) is 22.6 Å². The van der Waals surface area contributed by atoms with Gasteiger partial charge in [0, 0.05) is 24.8 Å². The topological polar surface area (TPSA) is 112 Å². The van der Waals surface area contributed by atoms with Crippen LogP contribution in [0.15, 0.2) is 45.8 Å². The van der Waals surface area contributed by atoms with Crippen LogP contribution >= 0.6 is 11.3 Å². The summed E-state index contributed by atoms with van der Waals surface area (Å²) in [4.78, 5) is 37.6. The molecule has 0 spiro atoms. The van der Waals surface area contributed by atoms with Gasteiger partial charge in [0.15, 0.2) is 22.4 Å². The Morgan fingerprint density at radius 3 is 2.79 bits per heavy atom. The molecule has 1 N–H and O–H groups in total. The van der Waals surface area contributed by atoms with Crippen LogP contribution < -0.4 is 25.4 Å². The van der Waals surface area contributed by atoms with E-state index < -0.39 is 5.69 Å². The first-order valence-corrected chi connectivity index (χ1v) is 11.4. The average Bonchev–Trinajstić information content (AvgIpc) is 3.61. The van der Waals surface area contributed by atoms with Crippen LogP contribution in [0.3, 0.4) is 0 Å². The van der Waals surface area contributed by atoms with Gasteiger partial charge in [0.25, 0.3) is 0 Å². The van der Waals surface area contributed by atoms with Crippen LogP contribution in [0.1, 0.15) is 12.8 Å². The Labute approximate surface area is 191 Å². The molecule has 2 aliphatic rings. The number of carbonyl (C=O) groups excluding carboxylic acids is 1. The standard InChI is InChI=1S/C22H19N5O5S/c28-17(23-13-5-6-14-16(10-13)32-12-31-14)11-27-20-19(25-22(33-20)26-7-1-2-8-26)18(24-21(27)29)15-4-3-9-30-15/h3-6,9-10H,1-2,7-8,11-12H2,(H,23,28). The van der Waals surface area contributed by atoms with E-state index in [1.54, 1.807) is 30.3 Å². The fourth-order valence-corrected chi connectivity index (χ4v) is 5.13. The highest BCUT2D eigenvalue weighted by Gasteiger charge is 2.24. The third-order valence-corrected chi connectivity index (χ3v) is 6.73. The third-order valence-electron chi connectivity index (χ3n) is 5.59. The van der Waals surface area contributed by atoms with Crippen LogP contribution in [0.2, 0.25) is 0 Å². The molecule has 5 heterocycles. The summed E-state index contributed by atoms with van der Waals surface area (Å²) >= 11 is 1.39. The molecule has 4 aromatic rings. The van der Waals surface area contributed by atoms with E-state index in [-0.39, 0.29) is 19.2 Å². The van der Waals surface area contributed by atoms with Crippen LogP contribution in [-0.4, -0.2) is 40.3 Å². The number of amides is 1. The summed E-state index contributed by atoms with van der Waals surface area (Å²) in [7, 11) is 0. The summed E-state index contributed by atoms with van der Waals surface area (Å²) in [6, 6.07) is 8.62. The van der Waals surface area contributed by atoms with Gasteiger partial charge in [0.2, 0.25) is 12.7 Å². The zero-order valence-electron chi connectivity index (χ0n) is 17.4. The van der Waals surface area contributed by atoms with Crippen LogP contribution in [0, 0.1) is 0 Å². The lowest BCUT2D eigenvalue weighted by Crippen LogP contribution is -2.29. The number of hydrogen-bond donors (Lipinski definition) is 1. The summed E-state index contributed by atoms with van der Waals surface area (Å²) in [5.41, 5.74) is 0.948. The molecular formula is C22H19N5O5S. The molecule has 2 aliphatic heterocycles. The summed E-state index contributed by atoms with van der Waals surface area (Å²) in [6.07, 6.45) is 3.73. The summed E-state index contributed by atoms with van der Waals surface area (Å²) < 4.78 is 17.5. The maximum Gasteiger partial charge on any atom is 0.349 e. The minimum absolute atomic E-state index is 0.151. The lowest BCUT2D eigenvalue weighted by atomic mass is 10.2. The van der Waals surface area contributed by atoms with Gasteiger partial charge >= 0.3 is 5.69 Å². The van der Waals surface area contributed by atoms with Gasteiger partial charge in [-0.2, -0.15) is 4.98 Å². The Balaban J connectivity index is 1.36. The number of anilines is 2.